The minimum atomic E-state index is 0.603. The summed E-state index contributed by atoms with van der Waals surface area (Å²) in [5.74, 6) is 1.11. The van der Waals surface area contributed by atoms with E-state index in [4.69, 9.17) is 4.98 Å². The van der Waals surface area contributed by atoms with Crippen LogP contribution in [0.25, 0.3) is 0 Å². The van der Waals surface area contributed by atoms with Crippen molar-refractivity contribution in [1.29, 1.82) is 0 Å². The molecule has 1 saturated carbocycles. The largest absolute Gasteiger partial charge is 0.353 e. The predicted molar refractivity (Wildman–Crippen MR) is 83.2 cm³/mol. The van der Waals surface area contributed by atoms with Crippen molar-refractivity contribution < 1.29 is 0 Å². The summed E-state index contributed by atoms with van der Waals surface area (Å²) < 4.78 is 2.41. The number of piperidine rings is 1. The van der Waals surface area contributed by atoms with E-state index in [0.29, 0.717) is 18.1 Å². The van der Waals surface area contributed by atoms with Gasteiger partial charge in [-0.3, -0.25) is 0 Å². The lowest BCUT2D eigenvalue weighted by Gasteiger charge is -2.36. The Morgan fingerprint density at radius 3 is 2.70 bits per heavy atom. The molecule has 4 heteroatoms. The molecule has 20 heavy (non-hydrogen) atoms. The molecule has 0 bridgehead atoms. The van der Waals surface area contributed by atoms with Crippen LogP contribution in [0.3, 0.4) is 0 Å². The summed E-state index contributed by atoms with van der Waals surface area (Å²) in [7, 11) is 2.23. The van der Waals surface area contributed by atoms with E-state index in [9.17, 15) is 0 Å². The van der Waals surface area contributed by atoms with Gasteiger partial charge >= 0.3 is 0 Å². The van der Waals surface area contributed by atoms with Gasteiger partial charge in [0.1, 0.15) is 0 Å². The van der Waals surface area contributed by atoms with Crippen molar-refractivity contribution in [2.75, 3.05) is 18.9 Å². The first kappa shape index (κ1) is 13.9. The quantitative estimate of drug-likeness (QED) is 0.920. The maximum Gasteiger partial charge on any atom is 0.203 e. The van der Waals surface area contributed by atoms with Crippen molar-refractivity contribution in [1.82, 2.24) is 14.5 Å². The van der Waals surface area contributed by atoms with E-state index >= 15 is 0 Å². The molecule has 2 heterocycles. The third-order valence-electron chi connectivity index (χ3n) is 5.12. The molecule has 0 aromatic carbocycles. The van der Waals surface area contributed by atoms with Crippen LogP contribution in [0.2, 0.25) is 0 Å². The maximum absolute atomic E-state index is 4.73. The number of aromatic nitrogens is 2. The van der Waals surface area contributed by atoms with Gasteiger partial charge in [-0.2, -0.15) is 0 Å². The number of nitrogens with one attached hydrogen (secondary N) is 1. The van der Waals surface area contributed by atoms with Gasteiger partial charge in [-0.1, -0.05) is 12.8 Å². The van der Waals surface area contributed by atoms with Gasteiger partial charge in [0.25, 0.3) is 0 Å². The summed E-state index contributed by atoms with van der Waals surface area (Å²) in [5.41, 5.74) is 1.14. The van der Waals surface area contributed by atoms with E-state index < -0.39 is 0 Å². The molecule has 1 saturated heterocycles. The second-order valence-corrected chi connectivity index (χ2v) is 6.75. The Morgan fingerprint density at radius 2 is 2.00 bits per heavy atom. The average Bonchev–Trinajstić information content (AvgIpc) is 3.03. The minimum Gasteiger partial charge on any atom is -0.353 e. The molecule has 0 radical (unpaired) electrons. The molecule has 0 amide bonds. The van der Waals surface area contributed by atoms with Crippen LogP contribution in [0.5, 0.6) is 0 Å². The summed E-state index contributed by atoms with van der Waals surface area (Å²) in [6.45, 7) is 5.63. The lowest BCUT2D eigenvalue weighted by Crippen LogP contribution is -2.38. The molecule has 1 N–H and O–H groups in total. The molecule has 1 aromatic heterocycles. The number of hydrogen-bond acceptors (Lipinski definition) is 3. The first-order valence-electron chi connectivity index (χ1n) is 8.15. The number of anilines is 1. The molecule has 1 aliphatic carbocycles. The fourth-order valence-corrected chi connectivity index (χ4v) is 3.67. The Labute approximate surface area is 122 Å². The molecular weight excluding hydrogens is 248 g/mol. The summed E-state index contributed by atoms with van der Waals surface area (Å²) in [6, 6.07) is 1.90. The van der Waals surface area contributed by atoms with Crippen molar-refractivity contribution in [2.24, 2.45) is 0 Å². The molecule has 2 aliphatic rings. The van der Waals surface area contributed by atoms with Crippen LogP contribution in [0.4, 0.5) is 5.95 Å². The summed E-state index contributed by atoms with van der Waals surface area (Å²) in [5, 5.41) is 3.69. The van der Waals surface area contributed by atoms with Gasteiger partial charge in [-0.25, -0.2) is 4.98 Å². The second-order valence-electron chi connectivity index (χ2n) is 6.75. The van der Waals surface area contributed by atoms with E-state index in [0.717, 1.165) is 11.6 Å². The number of aryl methyl sites for hydroxylation is 1. The van der Waals surface area contributed by atoms with Crippen LogP contribution in [-0.2, 0) is 0 Å². The highest BCUT2D eigenvalue weighted by Gasteiger charge is 2.26. The lowest BCUT2D eigenvalue weighted by molar-refractivity contribution is 0.157. The standard InChI is InChI=1S/C16H28N4/c1-12-11-20(15-8-9-19(3)13(2)10-15)16(17-12)18-14-6-4-5-7-14/h11,13-15H,4-10H2,1-3H3,(H,17,18). The summed E-state index contributed by atoms with van der Waals surface area (Å²) in [6.07, 6.45) is 10.0. The van der Waals surface area contributed by atoms with E-state index in [-0.39, 0.29) is 0 Å². The Bertz CT molecular complexity index is 447. The van der Waals surface area contributed by atoms with Crippen LogP contribution < -0.4 is 5.32 Å². The Hall–Kier alpha value is -1.03. The van der Waals surface area contributed by atoms with Crippen LogP contribution in [0, 0.1) is 6.92 Å². The van der Waals surface area contributed by atoms with Gasteiger partial charge in [0, 0.05) is 30.9 Å². The van der Waals surface area contributed by atoms with Gasteiger partial charge < -0.3 is 14.8 Å². The monoisotopic (exact) mass is 276 g/mol. The van der Waals surface area contributed by atoms with E-state index in [1.54, 1.807) is 0 Å². The van der Waals surface area contributed by atoms with Crippen molar-refractivity contribution >= 4 is 5.95 Å². The number of rotatable bonds is 3. The summed E-state index contributed by atoms with van der Waals surface area (Å²) >= 11 is 0. The fraction of sp³-hybridized carbons (Fsp3) is 0.812. The lowest BCUT2D eigenvalue weighted by atomic mass is 9.99. The first-order valence-corrected chi connectivity index (χ1v) is 8.15. The van der Waals surface area contributed by atoms with Crippen LogP contribution in [0.1, 0.15) is 57.2 Å². The molecule has 112 valence electrons. The SMILES string of the molecule is Cc1cn(C2CCN(C)C(C)C2)c(NC2CCCC2)n1. The van der Waals surface area contributed by atoms with Gasteiger partial charge in [0.15, 0.2) is 0 Å². The third kappa shape index (κ3) is 2.85. The van der Waals surface area contributed by atoms with Gasteiger partial charge in [0.2, 0.25) is 5.95 Å². The number of hydrogen-bond donors (Lipinski definition) is 1. The highest BCUT2D eigenvalue weighted by atomic mass is 15.2. The van der Waals surface area contributed by atoms with Crippen molar-refractivity contribution in [3.63, 3.8) is 0 Å². The topological polar surface area (TPSA) is 33.1 Å². The third-order valence-corrected chi connectivity index (χ3v) is 5.12. The Morgan fingerprint density at radius 1 is 1.25 bits per heavy atom. The molecule has 1 aliphatic heterocycles. The van der Waals surface area contributed by atoms with Gasteiger partial charge in [-0.05, 0) is 46.6 Å². The van der Waals surface area contributed by atoms with E-state index in [2.05, 4.69) is 41.9 Å². The van der Waals surface area contributed by atoms with E-state index in [1.165, 1.54) is 45.1 Å². The van der Waals surface area contributed by atoms with Crippen molar-refractivity contribution in [3.05, 3.63) is 11.9 Å². The molecule has 2 atom stereocenters. The van der Waals surface area contributed by atoms with Crippen LogP contribution >= 0.6 is 0 Å². The molecule has 1 aromatic rings. The van der Waals surface area contributed by atoms with Gasteiger partial charge in [0.05, 0.1) is 5.69 Å². The molecule has 4 nitrogen and oxygen atoms in total. The zero-order valence-electron chi connectivity index (χ0n) is 13.1. The number of likely N-dealkylation sites (tertiary alicyclic amines) is 1. The zero-order valence-corrected chi connectivity index (χ0v) is 13.1. The molecular formula is C16H28N4. The highest BCUT2D eigenvalue weighted by molar-refractivity contribution is 5.31. The molecule has 2 unspecified atom stereocenters. The smallest absolute Gasteiger partial charge is 0.203 e. The van der Waals surface area contributed by atoms with Gasteiger partial charge in [-0.15, -0.1) is 0 Å². The zero-order chi connectivity index (χ0) is 14.1. The van der Waals surface area contributed by atoms with Crippen molar-refractivity contribution in [3.8, 4) is 0 Å². The van der Waals surface area contributed by atoms with Crippen molar-refractivity contribution in [2.45, 2.75) is 70.5 Å². The maximum atomic E-state index is 4.73. The fourth-order valence-electron chi connectivity index (χ4n) is 3.67. The highest BCUT2D eigenvalue weighted by Crippen LogP contribution is 2.30. The Kier molecular flexibility index (Phi) is 4.01. The summed E-state index contributed by atoms with van der Waals surface area (Å²) in [4.78, 5) is 7.19. The molecule has 3 rings (SSSR count). The first-order chi connectivity index (χ1) is 9.63. The van der Waals surface area contributed by atoms with Crippen LogP contribution in [0.15, 0.2) is 6.20 Å². The normalized spacial score (nSPS) is 28.9. The molecule has 2 fully saturated rings. The minimum absolute atomic E-state index is 0.603. The second kappa shape index (κ2) is 5.76. The number of imidazole rings is 1. The molecule has 0 spiro atoms. The van der Waals surface area contributed by atoms with Crippen LogP contribution in [-0.4, -0.2) is 40.1 Å². The predicted octanol–water partition coefficient (Wildman–Crippen LogP) is 3.20. The number of nitrogens with zero attached hydrogens (tertiary/aromatic N) is 3. The Balaban J connectivity index is 1.75. The average molecular weight is 276 g/mol. The van der Waals surface area contributed by atoms with E-state index in [1.807, 2.05) is 0 Å².